The Bertz CT molecular complexity index is 470. The van der Waals surface area contributed by atoms with Gasteiger partial charge in [0.25, 0.3) is 0 Å². The number of halogens is 1. The summed E-state index contributed by atoms with van der Waals surface area (Å²) in [5, 5.41) is 17.7. The zero-order chi connectivity index (χ0) is 13.7. The SMILES string of the molecule is N#Cc1cc(CN2CCC[C@@H]2CCCO)ccc1F. The van der Waals surface area contributed by atoms with Crippen molar-refractivity contribution in [3.63, 3.8) is 0 Å². The van der Waals surface area contributed by atoms with Gasteiger partial charge in [0, 0.05) is 19.2 Å². The van der Waals surface area contributed by atoms with Gasteiger partial charge in [-0.15, -0.1) is 0 Å². The van der Waals surface area contributed by atoms with E-state index in [9.17, 15) is 4.39 Å². The largest absolute Gasteiger partial charge is 0.396 e. The monoisotopic (exact) mass is 262 g/mol. The molecule has 102 valence electrons. The fraction of sp³-hybridized carbons (Fsp3) is 0.533. The summed E-state index contributed by atoms with van der Waals surface area (Å²) in [5.74, 6) is -0.454. The van der Waals surface area contributed by atoms with Gasteiger partial charge in [0.15, 0.2) is 0 Å². The predicted molar refractivity (Wildman–Crippen MR) is 70.9 cm³/mol. The first-order chi connectivity index (χ1) is 9.24. The Balaban J connectivity index is 2.02. The molecule has 0 aliphatic carbocycles. The van der Waals surface area contributed by atoms with Gasteiger partial charge >= 0.3 is 0 Å². The highest BCUT2D eigenvalue weighted by Gasteiger charge is 2.23. The van der Waals surface area contributed by atoms with Gasteiger partial charge in [-0.1, -0.05) is 6.07 Å². The summed E-state index contributed by atoms with van der Waals surface area (Å²) in [6, 6.07) is 7.13. The number of hydrogen-bond acceptors (Lipinski definition) is 3. The first-order valence-corrected chi connectivity index (χ1v) is 6.78. The zero-order valence-electron chi connectivity index (χ0n) is 11.0. The van der Waals surface area contributed by atoms with Crippen LogP contribution in [0.3, 0.4) is 0 Å². The minimum Gasteiger partial charge on any atom is -0.396 e. The highest BCUT2D eigenvalue weighted by Crippen LogP contribution is 2.24. The Hall–Kier alpha value is -1.44. The van der Waals surface area contributed by atoms with E-state index in [2.05, 4.69) is 4.90 Å². The lowest BCUT2D eigenvalue weighted by atomic mass is 10.1. The maximum absolute atomic E-state index is 13.3. The Morgan fingerprint density at radius 2 is 2.32 bits per heavy atom. The maximum atomic E-state index is 13.3. The average Bonchev–Trinajstić information content (AvgIpc) is 2.86. The molecule has 0 saturated carbocycles. The van der Waals surface area contributed by atoms with Crippen LogP contribution < -0.4 is 0 Å². The minimum absolute atomic E-state index is 0.114. The van der Waals surface area contributed by atoms with Crippen molar-refractivity contribution in [3.05, 3.63) is 35.1 Å². The zero-order valence-corrected chi connectivity index (χ0v) is 11.0. The molecule has 1 heterocycles. The lowest BCUT2D eigenvalue weighted by molar-refractivity contribution is 0.210. The van der Waals surface area contributed by atoms with E-state index in [4.69, 9.17) is 10.4 Å². The molecule has 0 radical (unpaired) electrons. The smallest absolute Gasteiger partial charge is 0.140 e. The quantitative estimate of drug-likeness (QED) is 0.886. The van der Waals surface area contributed by atoms with Gasteiger partial charge in [-0.2, -0.15) is 5.26 Å². The van der Waals surface area contributed by atoms with Crippen molar-refractivity contribution in [2.24, 2.45) is 0 Å². The molecule has 0 unspecified atom stereocenters. The van der Waals surface area contributed by atoms with Gasteiger partial charge in [0.2, 0.25) is 0 Å². The van der Waals surface area contributed by atoms with Crippen LogP contribution in [0.2, 0.25) is 0 Å². The number of nitriles is 1. The van der Waals surface area contributed by atoms with E-state index in [1.807, 2.05) is 6.07 Å². The van der Waals surface area contributed by atoms with E-state index >= 15 is 0 Å². The van der Waals surface area contributed by atoms with Gasteiger partial charge in [-0.3, -0.25) is 4.90 Å². The number of benzene rings is 1. The summed E-state index contributed by atoms with van der Waals surface area (Å²) in [4.78, 5) is 2.37. The van der Waals surface area contributed by atoms with Crippen molar-refractivity contribution in [3.8, 4) is 6.07 Å². The highest BCUT2D eigenvalue weighted by molar-refractivity contribution is 5.34. The molecular weight excluding hydrogens is 243 g/mol. The van der Waals surface area contributed by atoms with E-state index in [0.29, 0.717) is 6.04 Å². The average molecular weight is 262 g/mol. The van der Waals surface area contributed by atoms with E-state index < -0.39 is 5.82 Å². The molecular formula is C15H19FN2O. The molecule has 1 aromatic rings. The Labute approximate surface area is 113 Å². The molecule has 0 bridgehead atoms. The number of likely N-dealkylation sites (tertiary alicyclic amines) is 1. The second kappa shape index (κ2) is 6.65. The first-order valence-electron chi connectivity index (χ1n) is 6.78. The topological polar surface area (TPSA) is 47.3 Å². The summed E-state index contributed by atoms with van der Waals surface area (Å²) in [6.07, 6.45) is 4.16. The highest BCUT2D eigenvalue weighted by atomic mass is 19.1. The number of nitrogens with zero attached hydrogens (tertiary/aromatic N) is 2. The van der Waals surface area contributed by atoms with Crippen LogP contribution in [0.15, 0.2) is 18.2 Å². The molecule has 1 atom stereocenters. The van der Waals surface area contributed by atoms with E-state index in [1.54, 1.807) is 12.1 Å². The molecule has 3 nitrogen and oxygen atoms in total. The number of rotatable bonds is 5. The first kappa shape index (κ1) is 14.0. The standard InChI is InChI=1S/C15H19FN2O/c16-15-6-5-12(9-13(15)10-17)11-18-7-1-3-14(18)4-2-8-19/h5-6,9,14,19H,1-4,7-8,11H2/t14-/m1/s1. The van der Waals surface area contributed by atoms with Crippen LogP contribution in [0.5, 0.6) is 0 Å². The van der Waals surface area contributed by atoms with Gasteiger partial charge in [0.1, 0.15) is 11.9 Å². The fourth-order valence-electron chi connectivity index (χ4n) is 2.75. The molecule has 1 aliphatic rings. The Morgan fingerprint density at radius 3 is 3.05 bits per heavy atom. The van der Waals surface area contributed by atoms with E-state index in [0.717, 1.165) is 37.9 Å². The summed E-state index contributed by atoms with van der Waals surface area (Å²) in [5.41, 5.74) is 1.09. The van der Waals surface area contributed by atoms with Gasteiger partial charge in [0.05, 0.1) is 5.56 Å². The third kappa shape index (κ3) is 3.52. The molecule has 0 spiro atoms. The Morgan fingerprint density at radius 1 is 1.47 bits per heavy atom. The van der Waals surface area contributed by atoms with Gasteiger partial charge in [-0.05, 0) is 49.9 Å². The van der Waals surface area contributed by atoms with Crippen LogP contribution in [0, 0.1) is 17.1 Å². The molecule has 1 saturated heterocycles. The number of aliphatic hydroxyl groups is 1. The summed E-state index contributed by atoms with van der Waals surface area (Å²) < 4.78 is 13.3. The molecule has 0 amide bonds. The second-order valence-corrected chi connectivity index (χ2v) is 5.06. The van der Waals surface area contributed by atoms with Crippen molar-refractivity contribution in [2.75, 3.05) is 13.2 Å². The maximum Gasteiger partial charge on any atom is 0.140 e. The van der Waals surface area contributed by atoms with Crippen molar-refractivity contribution in [2.45, 2.75) is 38.3 Å². The van der Waals surface area contributed by atoms with Crippen LogP contribution in [0.25, 0.3) is 0 Å². The number of hydrogen-bond donors (Lipinski definition) is 1. The van der Waals surface area contributed by atoms with E-state index in [1.165, 1.54) is 12.5 Å². The van der Waals surface area contributed by atoms with E-state index in [-0.39, 0.29) is 12.2 Å². The third-order valence-corrected chi connectivity index (χ3v) is 3.73. The molecule has 1 fully saturated rings. The molecule has 1 aliphatic heterocycles. The van der Waals surface area contributed by atoms with Crippen molar-refractivity contribution in [1.29, 1.82) is 5.26 Å². The van der Waals surface area contributed by atoms with Crippen LogP contribution >= 0.6 is 0 Å². The van der Waals surface area contributed by atoms with Gasteiger partial charge < -0.3 is 5.11 Å². The molecule has 2 rings (SSSR count). The van der Waals surface area contributed by atoms with Crippen molar-refractivity contribution < 1.29 is 9.50 Å². The second-order valence-electron chi connectivity index (χ2n) is 5.06. The fourth-order valence-corrected chi connectivity index (χ4v) is 2.75. The van der Waals surface area contributed by atoms with Crippen LogP contribution in [0.1, 0.15) is 36.8 Å². The molecule has 1 N–H and O–H groups in total. The van der Waals surface area contributed by atoms with Crippen molar-refractivity contribution in [1.82, 2.24) is 4.90 Å². The van der Waals surface area contributed by atoms with Crippen LogP contribution in [0.4, 0.5) is 4.39 Å². The summed E-state index contributed by atoms with van der Waals surface area (Å²) >= 11 is 0. The molecule has 0 aromatic heterocycles. The molecule has 1 aromatic carbocycles. The predicted octanol–water partition coefficient (Wildman–Crippen LogP) is 2.43. The molecule has 4 heteroatoms. The lowest BCUT2D eigenvalue weighted by Crippen LogP contribution is -2.29. The van der Waals surface area contributed by atoms with Crippen LogP contribution in [-0.4, -0.2) is 29.2 Å². The lowest BCUT2D eigenvalue weighted by Gasteiger charge is -2.24. The summed E-state index contributed by atoms with van der Waals surface area (Å²) in [6.45, 7) is 2.03. The minimum atomic E-state index is -0.454. The van der Waals surface area contributed by atoms with Crippen LogP contribution in [-0.2, 0) is 6.54 Å². The van der Waals surface area contributed by atoms with Crippen molar-refractivity contribution >= 4 is 0 Å². The normalized spacial score (nSPS) is 19.5. The van der Waals surface area contributed by atoms with Gasteiger partial charge in [-0.25, -0.2) is 4.39 Å². The summed E-state index contributed by atoms with van der Waals surface area (Å²) in [7, 11) is 0. The Kier molecular flexibility index (Phi) is 4.89. The third-order valence-electron chi connectivity index (χ3n) is 3.73. The number of aliphatic hydroxyl groups excluding tert-OH is 1. The molecule has 19 heavy (non-hydrogen) atoms.